The number of ether oxygens (including phenoxy) is 1. The smallest absolute Gasteiger partial charge is 0.427 e. The van der Waals surface area contributed by atoms with Gasteiger partial charge in [-0.1, -0.05) is 54.6 Å². The second-order valence-electron chi connectivity index (χ2n) is 10.1. The lowest BCUT2D eigenvalue weighted by Crippen LogP contribution is -2.44. The molecule has 0 bridgehead atoms. The summed E-state index contributed by atoms with van der Waals surface area (Å²) in [6.45, 7) is 5.31. The van der Waals surface area contributed by atoms with E-state index in [1.165, 1.54) is 6.20 Å². The molecular formula is C28H30N2O6S. The molecule has 0 unspecified atom stereocenters. The van der Waals surface area contributed by atoms with Crippen LogP contribution in [0.4, 0.5) is 4.79 Å². The second kappa shape index (κ2) is 10.3. The number of hydrogen-bond donors (Lipinski definition) is 0. The highest BCUT2D eigenvalue weighted by atomic mass is 32.2. The van der Waals surface area contributed by atoms with Crippen LogP contribution in [0.5, 0.6) is 0 Å². The van der Waals surface area contributed by atoms with Gasteiger partial charge in [0.25, 0.3) is 5.91 Å². The van der Waals surface area contributed by atoms with Crippen molar-refractivity contribution in [3.8, 4) is 11.1 Å². The van der Waals surface area contributed by atoms with Crippen molar-refractivity contribution in [2.75, 3.05) is 12.8 Å². The zero-order valence-electron chi connectivity index (χ0n) is 21.2. The number of benzene rings is 2. The molecule has 8 nitrogen and oxygen atoms in total. The molecular weight excluding hydrogens is 492 g/mol. The number of rotatable bonds is 5. The van der Waals surface area contributed by atoms with Crippen LogP contribution in [0.1, 0.15) is 50.2 Å². The van der Waals surface area contributed by atoms with E-state index in [0.717, 1.165) is 28.0 Å². The maximum Gasteiger partial charge on any atom is 0.534 e. The first-order valence-electron chi connectivity index (χ1n) is 11.9. The van der Waals surface area contributed by atoms with Gasteiger partial charge in [-0.15, -0.1) is 0 Å². The molecule has 1 amide bonds. The highest BCUT2D eigenvalue weighted by molar-refractivity contribution is 7.90. The molecule has 2 heterocycles. The quantitative estimate of drug-likeness (QED) is 0.429. The molecule has 1 saturated heterocycles. The Morgan fingerprint density at radius 1 is 0.946 bits per heavy atom. The van der Waals surface area contributed by atoms with Gasteiger partial charge in [0.2, 0.25) is 0 Å². The average Bonchev–Trinajstić information content (AvgIpc) is 2.84. The number of aromatic nitrogens is 1. The minimum atomic E-state index is -3.41. The molecule has 0 saturated carbocycles. The highest BCUT2D eigenvalue weighted by Crippen LogP contribution is 2.41. The fourth-order valence-corrected chi connectivity index (χ4v) is 5.00. The molecule has 4 rings (SSSR count). The van der Waals surface area contributed by atoms with E-state index in [0.29, 0.717) is 5.56 Å². The maximum atomic E-state index is 13.0. The Kier molecular flexibility index (Phi) is 7.36. The van der Waals surface area contributed by atoms with Crippen LogP contribution in [0, 0.1) is 0 Å². The summed E-state index contributed by atoms with van der Waals surface area (Å²) >= 11 is 0. The summed E-state index contributed by atoms with van der Waals surface area (Å²) < 4.78 is 29.3. The molecule has 1 aromatic heterocycles. The molecule has 0 N–H and O–H groups in total. The van der Waals surface area contributed by atoms with Crippen molar-refractivity contribution in [3.63, 3.8) is 0 Å². The lowest BCUT2D eigenvalue weighted by Gasteiger charge is -2.37. The Bertz CT molecular complexity index is 1400. The number of piperidine rings is 1. The Morgan fingerprint density at radius 3 is 2.32 bits per heavy atom. The third-order valence-corrected chi connectivity index (χ3v) is 7.19. The minimum Gasteiger partial charge on any atom is -0.427 e. The number of hydroxylamine groups is 2. The lowest BCUT2D eigenvalue weighted by molar-refractivity contribution is -0.184. The molecule has 0 radical (unpaired) electrons. The maximum absolute atomic E-state index is 13.0. The third-order valence-electron chi connectivity index (χ3n) is 6.11. The van der Waals surface area contributed by atoms with Crippen molar-refractivity contribution in [2.24, 2.45) is 0 Å². The number of sulfone groups is 1. The Morgan fingerprint density at radius 2 is 1.65 bits per heavy atom. The number of nitrogens with zero attached hydrogens (tertiary/aromatic N) is 2. The van der Waals surface area contributed by atoms with Crippen molar-refractivity contribution in [1.82, 2.24) is 10.0 Å². The van der Waals surface area contributed by atoms with Crippen LogP contribution >= 0.6 is 0 Å². The van der Waals surface area contributed by atoms with Crippen LogP contribution < -0.4 is 0 Å². The van der Waals surface area contributed by atoms with Gasteiger partial charge in [0.15, 0.2) is 9.84 Å². The van der Waals surface area contributed by atoms with Crippen LogP contribution in [-0.2, 0) is 24.2 Å². The third kappa shape index (κ3) is 6.54. The summed E-state index contributed by atoms with van der Waals surface area (Å²) in [5.74, 6) is -0.659. The lowest BCUT2D eigenvalue weighted by atomic mass is 9.76. The molecule has 0 aliphatic carbocycles. The van der Waals surface area contributed by atoms with Gasteiger partial charge in [0.1, 0.15) is 5.60 Å². The normalized spacial score (nSPS) is 18.4. The molecule has 1 aliphatic rings. The number of hydrogen-bond acceptors (Lipinski definition) is 7. The second-order valence-corrected chi connectivity index (χ2v) is 12.2. The SMILES string of the molecule is CC(C)(C)OC(=O)ON1C[C@@H](c2cccc(-c3cncc(S(C)(=O)=O)c3)c2)[C@@H](c2ccccc2)CC1=O. The first-order valence-corrected chi connectivity index (χ1v) is 13.8. The molecule has 1 aliphatic heterocycles. The van der Waals surface area contributed by atoms with E-state index in [9.17, 15) is 18.0 Å². The topological polar surface area (TPSA) is 103 Å². The van der Waals surface area contributed by atoms with E-state index >= 15 is 0 Å². The fourth-order valence-electron chi connectivity index (χ4n) is 4.40. The van der Waals surface area contributed by atoms with Gasteiger partial charge in [-0.05, 0) is 43.5 Å². The monoisotopic (exact) mass is 522 g/mol. The van der Waals surface area contributed by atoms with Crippen LogP contribution in [0.25, 0.3) is 11.1 Å². The summed E-state index contributed by atoms with van der Waals surface area (Å²) in [4.78, 5) is 34.9. The standard InChI is InChI=1S/C28H30N2O6S/c1-28(2,3)35-27(32)36-30-18-25(24(15-26(30)31)19-9-6-5-7-10-19)21-12-8-11-20(13-21)22-14-23(17-29-16-22)37(4,33)34/h5-14,16-17,24-25H,15,18H2,1-4H3/t24-,25+/m1/s1. The number of carbonyl (C=O) groups excluding carboxylic acids is 2. The summed E-state index contributed by atoms with van der Waals surface area (Å²) in [6, 6.07) is 19.0. The van der Waals surface area contributed by atoms with Crippen LogP contribution in [0.3, 0.4) is 0 Å². The van der Waals surface area contributed by atoms with Gasteiger partial charge in [0, 0.05) is 42.5 Å². The van der Waals surface area contributed by atoms with E-state index < -0.39 is 21.6 Å². The van der Waals surface area contributed by atoms with Crippen molar-refractivity contribution >= 4 is 21.9 Å². The van der Waals surface area contributed by atoms with Crippen LogP contribution in [-0.4, -0.2) is 48.9 Å². The molecule has 1 fully saturated rings. The summed E-state index contributed by atoms with van der Waals surface area (Å²) in [6.07, 6.45) is 3.30. The van der Waals surface area contributed by atoms with Crippen molar-refractivity contribution in [2.45, 2.75) is 49.5 Å². The Hall–Kier alpha value is -3.72. The van der Waals surface area contributed by atoms with Gasteiger partial charge < -0.3 is 9.57 Å². The minimum absolute atomic E-state index is 0.137. The van der Waals surface area contributed by atoms with Crippen molar-refractivity contribution in [3.05, 3.63) is 84.2 Å². The fraction of sp³-hybridized carbons (Fsp3) is 0.321. The van der Waals surface area contributed by atoms with Gasteiger partial charge in [0.05, 0.1) is 11.4 Å². The zero-order chi connectivity index (χ0) is 26.8. The molecule has 2 aromatic carbocycles. The van der Waals surface area contributed by atoms with Gasteiger partial charge in [-0.3, -0.25) is 9.78 Å². The van der Waals surface area contributed by atoms with Crippen molar-refractivity contribution < 1.29 is 27.6 Å². The first-order chi connectivity index (χ1) is 17.4. The van der Waals surface area contributed by atoms with Gasteiger partial charge >= 0.3 is 6.16 Å². The Balaban J connectivity index is 1.69. The van der Waals surface area contributed by atoms with Crippen molar-refractivity contribution in [1.29, 1.82) is 0 Å². The number of pyridine rings is 1. The van der Waals surface area contributed by atoms with Gasteiger partial charge in [-0.25, -0.2) is 13.2 Å². The van der Waals surface area contributed by atoms with Crippen LogP contribution in [0.2, 0.25) is 0 Å². The predicted octanol–water partition coefficient (Wildman–Crippen LogP) is 5.12. The predicted molar refractivity (Wildman–Crippen MR) is 138 cm³/mol. The summed E-state index contributed by atoms with van der Waals surface area (Å²) in [7, 11) is -3.41. The molecule has 2 atom stereocenters. The van der Waals surface area contributed by atoms with E-state index in [1.807, 2.05) is 54.6 Å². The van der Waals surface area contributed by atoms with E-state index in [2.05, 4.69) is 4.98 Å². The summed E-state index contributed by atoms with van der Waals surface area (Å²) in [5.41, 5.74) is 2.61. The molecule has 194 valence electrons. The van der Waals surface area contributed by atoms with Crippen LogP contribution in [0.15, 0.2) is 78.0 Å². The molecule has 37 heavy (non-hydrogen) atoms. The van der Waals surface area contributed by atoms with E-state index in [-0.39, 0.29) is 35.6 Å². The van der Waals surface area contributed by atoms with E-state index in [4.69, 9.17) is 9.57 Å². The number of amides is 1. The van der Waals surface area contributed by atoms with Gasteiger partial charge in [-0.2, -0.15) is 5.06 Å². The zero-order valence-corrected chi connectivity index (χ0v) is 22.1. The largest absolute Gasteiger partial charge is 0.534 e. The Labute approximate surface area is 217 Å². The highest BCUT2D eigenvalue weighted by Gasteiger charge is 2.38. The molecule has 9 heteroatoms. The summed E-state index contributed by atoms with van der Waals surface area (Å²) in [5, 5.41) is 1.08. The number of carbonyl (C=O) groups is 2. The average molecular weight is 523 g/mol. The first kappa shape index (κ1) is 26.3. The van der Waals surface area contributed by atoms with E-state index in [1.54, 1.807) is 33.0 Å². The molecule has 3 aromatic rings. The molecule has 0 spiro atoms.